The topological polar surface area (TPSA) is 101 Å². The van der Waals surface area contributed by atoms with Gasteiger partial charge in [0.05, 0.1) is 12.3 Å². The van der Waals surface area contributed by atoms with Gasteiger partial charge in [-0.05, 0) is 44.9 Å². The zero-order chi connectivity index (χ0) is 22.3. The van der Waals surface area contributed by atoms with Crippen molar-refractivity contribution in [3.63, 3.8) is 0 Å². The fourth-order valence-corrected chi connectivity index (χ4v) is 3.42. The number of esters is 1. The Labute approximate surface area is 180 Å². The van der Waals surface area contributed by atoms with Crippen molar-refractivity contribution in [3.05, 3.63) is 46.8 Å². The molecule has 0 saturated heterocycles. The summed E-state index contributed by atoms with van der Waals surface area (Å²) in [6, 6.07) is 7.55. The number of carbonyl (C=O) groups excluding carboxylic acids is 3. The number of rotatable bonds is 8. The number of thioether (sulfide) groups is 1. The van der Waals surface area contributed by atoms with Gasteiger partial charge in [0.25, 0.3) is 5.91 Å². The van der Waals surface area contributed by atoms with Gasteiger partial charge >= 0.3 is 5.97 Å². The molecule has 1 aromatic carbocycles. The molecule has 0 unspecified atom stereocenters. The molecule has 0 aliphatic carbocycles. The molecule has 0 fully saturated rings. The molecule has 9 heteroatoms. The third-order valence-corrected chi connectivity index (χ3v) is 5.01. The van der Waals surface area contributed by atoms with Crippen LogP contribution in [-0.2, 0) is 19.1 Å². The van der Waals surface area contributed by atoms with Crippen LogP contribution in [0.3, 0.4) is 0 Å². The summed E-state index contributed by atoms with van der Waals surface area (Å²) in [4.78, 5) is 46.0. The van der Waals surface area contributed by atoms with Crippen LogP contribution in [0.2, 0.25) is 0 Å². The lowest BCUT2D eigenvalue weighted by Gasteiger charge is -2.18. The highest BCUT2D eigenvalue weighted by atomic mass is 32.2. The van der Waals surface area contributed by atoms with Crippen molar-refractivity contribution in [1.82, 2.24) is 14.9 Å². The van der Waals surface area contributed by atoms with E-state index < -0.39 is 18.5 Å². The standard InChI is InChI=1S/C21H26N4O4S/c1-13-7-6-8-14(2)20(13)24-17(26)10-25(5)18(27)11-29-19(28)12-30-21-22-15(3)9-16(4)23-21/h6-9H,10-12H2,1-5H3,(H,24,26). The summed E-state index contributed by atoms with van der Waals surface area (Å²) < 4.78 is 5.01. The fourth-order valence-electron chi connectivity index (χ4n) is 2.67. The first-order chi connectivity index (χ1) is 14.2. The van der Waals surface area contributed by atoms with Crippen molar-refractivity contribution in [2.24, 2.45) is 0 Å². The zero-order valence-corrected chi connectivity index (χ0v) is 18.6. The first-order valence-electron chi connectivity index (χ1n) is 9.36. The van der Waals surface area contributed by atoms with Crippen molar-refractivity contribution in [3.8, 4) is 0 Å². The van der Waals surface area contributed by atoms with Crippen LogP contribution in [0.1, 0.15) is 22.5 Å². The van der Waals surface area contributed by atoms with Crippen molar-refractivity contribution < 1.29 is 19.1 Å². The third kappa shape index (κ3) is 7.14. The molecule has 30 heavy (non-hydrogen) atoms. The summed E-state index contributed by atoms with van der Waals surface area (Å²) in [5, 5.41) is 3.30. The van der Waals surface area contributed by atoms with Gasteiger partial charge in [0.15, 0.2) is 11.8 Å². The van der Waals surface area contributed by atoms with Crippen molar-refractivity contribution in [2.75, 3.05) is 31.3 Å². The fraction of sp³-hybridized carbons (Fsp3) is 0.381. The number of para-hydroxylation sites is 1. The van der Waals surface area contributed by atoms with E-state index in [-0.39, 0.29) is 18.2 Å². The molecule has 0 spiro atoms. The molecule has 1 N–H and O–H groups in total. The second-order valence-electron chi connectivity index (χ2n) is 6.95. The molecule has 0 aliphatic rings. The number of carbonyl (C=O) groups is 3. The van der Waals surface area contributed by atoms with Gasteiger partial charge in [-0.15, -0.1) is 0 Å². The van der Waals surface area contributed by atoms with E-state index in [1.54, 1.807) is 0 Å². The molecular weight excluding hydrogens is 404 g/mol. The molecule has 160 valence electrons. The summed E-state index contributed by atoms with van der Waals surface area (Å²) in [7, 11) is 1.48. The maximum Gasteiger partial charge on any atom is 0.316 e. The highest BCUT2D eigenvalue weighted by molar-refractivity contribution is 7.99. The van der Waals surface area contributed by atoms with E-state index >= 15 is 0 Å². The maximum atomic E-state index is 12.3. The highest BCUT2D eigenvalue weighted by Crippen LogP contribution is 2.19. The van der Waals surface area contributed by atoms with Crippen LogP contribution in [0.5, 0.6) is 0 Å². The number of aryl methyl sites for hydroxylation is 4. The SMILES string of the molecule is Cc1cc(C)nc(SCC(=O)OCC(=O)N(C)CC(=O)Nc2c(C)cccc2C)n1. The molecule has 1 aromatic heterocycles. The monoisotopic (exact) mass is 430 g/mol. The predicted molar refractivity (Wildman–Crippen MR) is 115 cm³/mol. The number of hydrogen-bond donors (Lipinski definition) is 1. The average molecular weight is 431 g/mol. The molecular formula is C21H26N4O4S. The van der Waals surface area contributed by atoms with E-state index in [4.69, 9.17) is 4.74 Å². The predicted octanol–water partition coefficient (Wildman–Crippen LogP) is 2.44. The summed E-state index contributed by atoms with van der Waals surface area (Å²) in [5.74, 6) is -1.35. The number of nitrogens with one attached hydrogen (secondary N) is 1. The Bertz CT molecular complexity index is 908. The highest BCUT2D eigenvalue weighted by Gasteiger charge is 2.16. The number of benzene rings is 1. The van der Waals surface area contributed by atoms with Crippen LogP contribution in [0.15, 0.2) is 29.4 Å². The van der Waals surface area contributed by atoms with Gasteiger partial charge in [0.2, 0.25) is 5.91 Å². The lowest BCUT2D eigenvalue weighted by molar-refractivity contribution is -0.149. The van der Waals surface area contributed by atoms with E-state index in [2.05, 4.69) is 15.3 Å². The van der Waals surface area contributed by atoms with Crippen molar-refractivity contribution >= 4 is 35.2 Å². The number of aromatic nitrogens is 2. The lowest BCUT2D eigenvalue weighted by atomic mass is 10.1. The van der Waals surface area contributed by atoms with Gasteiger partial charge in [0.1, 0.15) is 0 Å². The minimum absolute atomic E-state index is 0.00701. The van der Waals surface area contributed by atoms with Crippen LogP contribution in [-0.4, -0.2) is 58.6 Å². The Morgan fingerprint density at radius 2 is 1.67 bits per heavy atom. The first-order valence-corrected chi connectivity index (χ1v) is 10.3. The normalized spacial score (nSPS) is 10.4. The minimum Gasteiger partial charge on any atom is -0.455 e. The van der Waals surface area contributed by atoms with Crippen LogP contribution >= 0.6 is 11.8 Å². The molecule has 2 rings (SSSR count). The van der Waals surface area contributed by atoms with Gasteiger partial charge in [-0.2, -0.15) is 0 Å². The Kier molecular flexibility index (Phi) is 8.35. The Morgan fingerprint density at radius 3 is 2.27 bits per heavy atom. The Balaban J connectivity index is 1.76. The summed E-state index contributed by atoms with van der Waals surface area (Å²) in [6.07, 6.45) is 0. The minimum atomic E-state index is -0.551. The second-order valence-corrected chi connectivity index (χ2v) is 7.89. The van der Waals surface area contributed by atoms with E-state index in [0.29, 0.717) is 5.16 Å². The largest absolute Gasteiger partial charge is 0.455 e. The number of likely N-dealkylation sites (N-methyl/N-ethyl adjacent to an activating group) is 1. The molecule has 0 atom stereocenters. The summed E-state index contributed by atoms with van der Waals surface area (Å²) in [6.45, 7) is 6.93. The van der Waals surface area contributed by atoms with Crippen LogP contribution < -0.4 is 5.32 Å². The van der Waals surface area contributed by atoms with E-state index in [9.17, 15) is 14.4 Å². The van der Waals surface area contributed by atoms with Gasteiger partial charge in [0, 0.05) is 24.1 Å². The van der Waals surface area contributed by atoms with Crippen molar-refractivity contribution in [1.29, 1.82) is 0 Å². The number of hydrogen-bond acceptors (Lipinski definition) is 7. The molecule has 0 radical (unpaired) electrons. The van der Waals surface area contributed by atoms with Crippen LogP contribution in [0.4, 0.5) is 5.69 Å². The van der Waals surface area contributed by atoms with Gasteiger partial charge < -0.3 is 15.0 Å². The van der Waals surface area contributed by atoms with Crippen LogP contribution in [0.25, 0.3) is 0 Å². The molecule has 8 nitrogen and oxygen atoms in total. The number of anilines is 1. The molecule has 1 heterocycles. The number of amides is 2. The quantitative estimate of drug-likeness (QED) is 0.390. The Morgan fingerprint density at radius 1 is 1.07 bits per heavy atom. The average Bonchev–Trinajstić information content (AvgIpc) is 2.66. The second kappa shape index (κ2) is 10.7. The van der Waals surface area contributed by atoms with Gasteiger partial charge in [-0.3, -0.25) is 14.4 Å². The van der Waals surface area contributed by atoms with Crippen molar-refractivity contribution in [2.45, 2.75) is 32.9 Å². The number of nitrogens with zero attached hydrogens (tertiary/aromatic N) is 3. The van der Waals surface area contributed by atoms with E-state index in [1.165, 1.54) is 11.9 Å². The van der Waals surface area contributed by atoms with E-state index in [0.717, 1.165) is 40.0 Å². The molecule has 2 amide bonds. The lowest BCUT2D eigenvalue weighted by Crippen LogP contribution is -2.37. The number of ether oxygens (including phenoxy) is 1. The third-order valence-electron chi connectivity index (χ3n) is 4.19. The molecule has 0 saturated carbocycles. The summed E-state index contributed by atoms with van der Waals surface area (Å²) >= 11 is 1.15. The van der Waals surface area contributed by atoms with Crippen LogP contribution in [0, 0.1) is 27.7 Å². The molecule has 0 aliphatic heterocycles. The van der Waals surface area contributed by atoms with Gasteiger partial charge in [-0.1, -0.05) is 30.0 Å². The zero-order valence-electron chi connectivity index (χ0n) is 17.8. The summed E-state index contributed by atoms with van der Waals surface area (Å²) in [5.41, 5.74) is 4.25. The first kappa shape index (κ1) is 23.3. The molecule has 2 aromatic rings. The maximum absolute atomic E-state index is 12.3. The smallest absolute Gasteiger partial charge is 0.316 e. The molecule has 0 bridgehead atoms. The Hall–Kier alpha value is -2.94. The van der Waals surface area contributed by atoms with Gasteiger partial charge in [-0.25, -0.2) is 9.97 Å². The van der Waals surface area contributed by atoms with E-state index in [1.807, 2.05) is 52.0 Å².